The van der Waals surface area contributed by atoms with Crippen LogP contribution < -0.4 is 5.32 Å². The molecule has 0 bridgehead atoms. The van der Waals surface area contributed by atoms with Gasteiger partial charge in [-0.25, -0.2) is 15.0 Å². The summed E-state index contributed by atoms with van der Waals surface area (Å²) in [5.74, 6) is -0.644. The second kappa shape index (κ2) is 9.25. The van der Waals surface area contributed by atoms with Crippen molar-refractivity contribution in [2.24, 2.45) is 5.92 Å². The molecule has 1 aliphatic rings. The number of aliphatic hydroxyl groups is 1. The summed E-state index contributed by atoms with van der Waals surface area (Å²) in [4.78, 5) is 26.8. The molecule has 1 aromatic carbocycles. The first kappa shape index (κ1) is 22.6. The molecule has 3 heterocycles. The number of hydrogen-bond donors (Lipinski definition) is 3. The Balaban J connectivity index is 1.36. The first-order chi connectivity index (χ1) is 16.4. The van der Waals surface area contributed by atoms with E-state index in [1.807, 2.05) is 42.6 Å². The molecular weight excluding hydrogens is 468 g/mol. The highest BCUT2D eigenvalue weighted by Crippen LogP contribution is 2.43. The van der Waals surface area contributed by atoms with Crippen LogP contribution in [-0.4, -0.2) is 31.1 Å². The molecule has 1 aliphatic carbocycles. The van der Waals surface area contributed by atoms with Crippen LogP contribution in [0.15, 0.2) is 54.2 Å². The molecule has 1 fully saturated rings. The topological polar surface area (TPSA) is 108 Å². The van der Waals surface area contributed by atoms with Crippen LogP contribution in [-0.2, 0) is 10.4 Å². The van der Waals surface area contributed by atoms with Gasteiger partial charge in [0, 0.05) is 18.1 Å². The Kier molecular flexibility index (Phi) is 6.16. The molecule has 0 amide bonds. The van der Waals surface area contributed by atoms with Crippen molar-refractivity contribution in [3.05, 3.63) is 64.7 Å². The van der Waals surface area contributed by atoms with Crippen LogP contribution in [0.25, 0.3) is 21.0 Å². The molecule has 9 heteroatoms. The van der Waals surface area contributed by atoms with E-state index >= 15 is 0 Å². The van der Waals surface area contributed by atoms with Gasteiger partial charge < -0.3 is 15.5 Å². The first-order valence-electron chi connectivity index (χ1n) is 11.1. The molecule has 3 N–H and O–H groups in total. The number of carboxylic acid groups (broad SMARTS) is 1. The van der Waals surface area contributed by atoms with Gasteiger partial charge in [0.05, 0.1) is 21.4 Å². The minimum absolute atomic E-state index is 0.384. The van der Waals surface area contributed by atoms with E-state index in [1.54, 1.807) is 23.7 Å². The normalized spacial score (nSPS) is 20.2. The van der Waals surface area contributed by atoms with E-state index in [-0.39, 0.29) is 5.92 Å². The Hall–Kier alpha value is -3.14. The number of anilines is 2. The number of nitrogens with one attached hydrogen (secondary N) is 1. The molecule has 4 aromatic rings. The standard InChI is InChI=1S/C25H24N4O3S2/c1-15-11-17(21-14-27-23(34-21)25(32)7-4-16(5-8-25)22(30)31)13-18(12-15)28-24-26-9-6-19(29-24)20-3-2-10-33-20/h2-3,6,9-14,16,32H,4-5,7-8H2,1H3,(H,30,31)(H,26,28,29). The zero-order chi connectivity index (χ0) is 23.7. The molecule has 0 radical (unpaired) electrons. The van der Waals surface area contributed by atoms with E-state index < -0.39 is 11.6 Å². The summed E-state index contributed by atoms with van der Waals surface area (Å²) in [5.41, 5.74) is 2.75. The number of hydrogen-bond acceptors (Lipinski definition) is 8. The lowest BCUT2D eigenvalue weighted by atomic mass is 9.79. The van der Waals surface area contributed by atoms with Gasteiger partial charge in [0.15, 0.2) is 0 Å². The molecule has 3 aromatic heterocycles. The van der Waals surface area contributed by atoms with Crippen molar-refractivity contribution < 1.29 is 15.0 Å². The van der Waals surface area contributed by atoms with Crippen LogP contribution in [0.3, 0.4) is 0 Å². The van der Waals surface area contributed by atoms with Crippen LogP contribution in [0.4, 0.5) is 11.6 Å². The Morgan fingerprint density at radius 3 is 2.71 bits per heavy atom. The lowest BCUT2D eigenvalue weighted by Gasteiger charge is -2.32. The number of nitrogens with zero attached hydrogens (tertiary/aromatic N) is 3. The van der Waals surface area contributed by atoms with Gasteiger partial charge in [0.2, 0.25) is 5.95 Å². The molecule has 174 valence electrons. The second-order valence-corrected chi connectivity index (χ2v) is 10.6. The number of thiophene rings is 1. The molecule has 0 aliphatic heterocycles. The zero-order valence-electron chi connectivity index (χ0n) is 18.6. The fraction of sp³-hybridized carbons (Fsp3) is 0.280. The highest BCUT2D eigenvalue weighted by Gasteiger charge is 2.39. The number of carboxylic acids is 1. The van der Waals surface area contributed by atoms with Gasteiger partial charge in [-0.3, -0.25) is 4.79 Å². The smallest absolute Gasteiger partial charge is 0.306 e. The first-order valence-corrected chi connectivity index (χ1v) is 12.8. The average Bonchev–Trinajstić information content (AvgIpc) is 3.52. The van der Waals surface area contributed by atoms with Gasteiger partial charge in [-0.2, -0.15) is 0 Å². The van der Waals surface area contributed by atoms with Crippen molar-refractivity contribution >= 4 is 40.3 Å². The zero-order valence-corrected chi connectivity index (χ0v) is 20.2. The van der Waals surface area contributed by atoms with Crippen molar-refractivity contribution in [3.8, 4) is 21.0 Å². The van der Waals surface area contributed by atoms with E-state index in [9.17, 15) is 15.0 Å². The van der Waals surface area contributed by atoms with Gasteiger partial charge in [-0.05, 0) is 73.4 Å². The SMILES string of the molecule is Cc1cc(Nc2nccc(-c3cccs3)n2)cc(-c2cnc(C3(O)CCC(C(=O)O)CC3)s2)c1. The fourth-order valence-corrected chi connectivity index (χ4v) is 6.03. The maximum Gasteiger partial charge on any atom is 0.306 e. The molecule has 0 atom stereocenters. The summed E-state index contributed by atoms with van der Waals surface area (Å²) in [6.45, 7) is 2.03. The Morgan fingerprint density at radius 2 is 1.97 bits per heavy atom. The summed E-state index contributed by atoms with van der Waals surface area (Å²) in [7, 11) is 0. The van der Waals surface area contributed by atoms with Crippen LogP contribution in [0, 0.1) is 12.8 Å². The van der Waals surface area contributed by atoms with Gasteiger partial charge in [-0.1, -0.05) is 12.1 Å². The Morgan fingerprint density at radius 1 is 1.15 bits per heavy atom. The van der Waals surface area contributed by atoms with Crippen LogP contribution in [0.1, 0.15) is 36.3 Å². The maximum absolute atomic E-state index is 11.3. The highest BCUT2D eigenvalue weighted by atomic mass is 32.1. The minimum atomic E-state index is -1.06. The molecule has 7 nitrogen and oxygen atoms in total. The number of rotatable bonds is 6. The van der Waals surface area contributed by atoms with E-state index in [4.69, 9.17) is 0 Å². The van der Waals surface area contributed by atoms with Gasteiger partial charge in [0.1, 0.15) is 10.6 Å². The third-order valence-corrected chi connectivity index (χ3v) is 8.25. The van der Waals surface area contributed by atoms with Crippen LogP contribution in [0.2, 0.25) is 0 Å². The maximum atomic E-state index is 11.3. The van der Waals surface area contributed by atoms with Crippen LogP contribution in [0.5, 0.6) is 0 Å². The van der Waals surface area contributed by atoms with E-state index in [0.717, 1.165) is 32.3 Å². The fourth-order valence-electron chi connectivity index (χ4n) is 4.29. The summed E-state index contributed by atoms with van der Waals surface area (Å²) >= 11 is 3.09. The predicted molar refractivity (Wildman–Crippen MR) is 134 cm³/mol. The summed E-state index contributed by atoms with van der Waals surface area (Å²) in [6, 6.07) is 12.1. The van der Waals surface area contributed by atoms with Gasteiger partial charge in [0.25, 0.3) is 0 Å². The molecule has 1 saturated carbocycles. The van der Waals surface area contributed by atoms with Crippen molar-refractivity contribution in [1.82, 2.24) is 15.0 Å². The number of aliphatic carboxylic acids is 1. The monoisotopic (exact) mass is 492 g/mol. The molecule has 0 spiro atoms. The quantitative estimate of drug-likeness (QED) is 0.310. The van der Waals surface area contributed by atoms with E-state index in [0.29, 0.717) is 36.6 Å². The number of carbonyl (C=O) groups is 1. The lowest BCUT2D eigenvalue weighted by Crippen LogP contribution is -2.33. The van der Waals surface area contributed by atoms with Gasteiger partial charge in [-0.15, -0.1) is 22.7 Å². The number of benzene rings is 1. The average molecular weight is 493 g/mol. The molecular formula is C25H24N4O3S2. The van der Waals surface area contributed by atoms with Gasteiger partial charge >= 0.3 is 5.97 Å². The van der Waals surface area contributed by atoms with E-state index in [2.05, 4.69) is 26.3 Å². The Labute approximate surface area is 205 Å². The minimum Gasteiger partial charge on any atom is -0.481 e. The van der Waals surface area contributed by atoms with Crippen molar-refractivity contribution in [2.45, 2.75) is 38.2 Å². The predicted octanol–water partition coefficient (Wildman–Crippen LogP) is 5.84. The van der Waals surface area contributed by atoms with Crippen molar-refractivity contribution in [2.75, 3.05) is 5.32 Å². The summed E-state index contributed by atoms with van der Waals surface area (Å²) in [5, 5.41) is 26.4. The number of aryl methyl sites for hydroxylation is 1. The Bertz CT molecular complexity index is 1310. The lowest BCUT2D eigenvalue weighted by molar-refractivity contribution is -0.145. The highest BCUT2D eigenvalue weighted by molar-refractivity contribution is 7.15. The van der Waals surface area contributed by atoms with E-state index in [1.165, 1.54) is 11.3 Å². The third-order valence-electron chi connectivity index (χ3n) is 6.11. The molecule has 34 heavy (non-hydrogen) atoms. The molecule has 0 saturated heterocycles. The summed E-state index contributed by atoms with van der Waals surface area (Å²) < 4.78 is 0. The van der Waals surface area contributed by atoms with Crippen molar-refractivity contribution in [1.29, 1.82) is 0 Å². The second-order valence-electron chi connectivity index (χ2n) is 8.63. The number of aromatic nitrogens is 3. The molecule has 0 unspecified atom stereocenters. The number of thiazole rings is 1. The van der Waals surface area contributed by atoms with Crippen LogP contribution >= 0.6 is 22.7 Å². The van der Waals surface area contributed by atoms with Crippen molar-refractivity contribution in [3.63, 3.8) is 0 Å². The largest absolute Gasteiger partial charge is 0.481 e. The third kappa shape index (κ3) is 4.72. The molecule has 5 rings (SSSR count). The summed E-state index contributed by atoms with van der Waals surface area (Å²) in [6.07, 6.45) is 5.28.